The molecule has 7 heteroatoms. The lowest BCUT2D eigenvalue weighted by molar-refractivity contribution is -0.127. The monoisotopic (exact) mass is 436 g/mol. The minimum atomic E-state index is -0.274. The molecule has 1 rings (SSSR count). The molecule has 1 aromatic rings. The summed E-state index contributed by atoms with van der Waals surface area (Å²) < 4.78 is 13.2. The van der Waals surface area contributed by atoms with Gasteiger partial charge in [0.15, 0.2) is 5.96 Å². The molecular formula is C16H26FIN4O. The third-order valence-corrected chi connectivity index (χ3v) is 3.04. The molecular weight excluding hydrogens is 410 g/mol. The second kappa shape index (κ2) is 12.1. The van der Waals surface area contributed by atoms with Crippen molar-refractivity contribution in [3.05, 3.63) is 35.6 Å². The first-order valence-electron chi connectivity index (χ1n) is 7.49. The lowest BCUT2D eigenvalue weighted by atomic mass is 10.2. The lowest BCUT2D eigenvalue weighted by Crippen LogP contribution is -2.43. The molecule has 5 nitrogen and oxygen atoms in total. The smallest absolute Gasteiger partial charge is 0.241 e. The highest BCUT2D eigenvalue weighted by molar-refractivity contribution is 14.0. The van der Waals surface area contributed by atoms with Crippen molar-refractivity contribution < 1.29 is 9.18 Å². The van der Waals surface area contributed by atoms with E-state index < -0.39 is 0 Å². The minimum Gasteiger partial charge on any atom is -0.356 e. The Morgan fingerprint density at radius 3 is 2.65 bits per heavy atom. The molecule has 0 saturated heterocycles. The van der Waals surface area contributed by atoms with E-state index in [2.05, 4.69) is 22.5 Å². The summed E-state index contributed by atoms with van der Waals surface area (Å²) in [6.45, 7) is 3.42. The van der Waals surface area contributed by atoms with Gasteiger partial charge in [-0.05, 0) is 24.1 Å². The summed E-state index contributed by atoms with van der Waals surface area (Å²) in [7, 11) is 3.41. The van der Waals surface area contributed by atoms with E-state index in [9.17, 15) is 9.18 Å². The molecule has 0 bridgehead atoms. The van der Waals surface area contributed by atoms with Crippen LogP contribution in [-0.4, -0.2) is 44.0 Å². The van der Waals surface area contributed by atoms with Crippen molar-refractivity contribution in [2.75, 3.05) is 27.2 Å². The van der Waals surface area contributed by atoms with Gasteiger partial charge in [0, 0.05) is 20.6 Å². The van der Waals surface area contributed by atoms with Gasteiger partial charge >= 0.3 is 0 Å². The standard InChI is InChI=1S/C16H25FN4O.HI/c1-4-5-9-18-16(20-12-15(22)21(2)3)19-11-13-7-6-8-14(17)10-13;/h6-8,10H,4-5,9,11-12H2,1-3H3,(H2,18,19,20);1H. The Morgan fingerprint density at radius 1 is 1.30 bits per heavy atom. The summed E-state index contributed by atoms with van der Waals surface area (Å²) in [4.78, 5) is 17.5. The van der Waals surface area contributed by atoms with Crippen molar-refractivity contribution in [2.24, 2.45) is 4.99 Å². The molecule has 0 fully saturated rings. The number of nitrogens with one attached hydrogen (secondary N) is 2. The van der Waals surface area contributed by atoms with Crippen LogP contribution < -0.4 is 10.6 Å². The molecule has 2 N–H and O–H groups in total. The van der Waals surface area contributed by atoms with Crippen LogP contribution in [0.3, 0.4) is 0 Å². The summed E-state index contributed by atoms with van der Waals surface area (Å²) in [5.74, 6) is 0.257. The van der Waals surface area contributed by atoms with E-state index in [1.54, 1.807) is 20.2 Å². The fraction of sp³-hybridized carbons (Fsp3) is 0.500. The first-order chi connectivity index (χ1) is 10.5. The first kappa shape index (κ1) is 21.6. The van der Waals surface area contributed by atoms with Crippen LogP contribution in [-0.2, 0) is 11.3 Å². The van der Waals surface area contributed by atoms with Gasteiger partial charge in [0.05, 0.1) is 13.1 Å². The Balaban J connectivity index is 0.00000484. The number of nitrogens with zero attached hydrogens (tertiary/aromatic N) is 2. The van der Waals surface area contributed by atoms with Gasteiger partial charge in [0.25, 0.3) is 0 Å². The SMILES string of the molecule is CCCCNC(=NCc1cccc(F)c1)NCC(=O)N(C)C.I. The summed E-state index contributed by atoms with van der Waals surface area (Å²) in [6.07, 6.45) is 2.09. The van der Waals surface area contributed by atoms with E-state index in [4.69, 9.17) is 0 Å². The number of guanidine groups is 1. The second-order valence-corrected chi connectivity index (χ2v) is 5.22. The number of likely N-dealkylation sites (N-methyl/N-ethyl adjacent to an activating group) is 1. The molecule has 0 aliphatic carbocycles. The maximum Gasteiger partial charge on any atom is 0.241 e. The summed E-state index contributed by atoms with van der Waals surface area (Å²) in [6, 6.07) is 6.34. The fourth-order valence-electron chi connectivity index (χ4n) is 1.68. The molecule has 0 aromatic heterocycles. The number of halogens is 2. The van der Waals surface area contributed by atoms with Crippen LogP contribution in [0.15, 0.2) is 29.3 Å². The van der Waals surface area contributed by atoms with Crippen LogP contribution in [0.2, 0.25) is 0 Å². The number of carbonyl (C=O) groups excluding carboxylic acids is 1. The zero-order valence-electron chi connectivity index (χ0n) is 13.9. The molecule has 1 amide bonds. The van der Waals surface area contributed by atoms with E-state index in [-0.39, 0.29) is 42.2 Å². The number of amides is 1. The van der Waals surface area contributed by atoms with Crippen molar-refractivity contribution in [1.29, 1.82) is 0 Å². The number of benzene rings is 1. The highest BCUT2D eigenvalue weighted by Crippen LogP contribution is 2.04. The highest BCUT2D eigenvalue weighted by Gasteiger charge is 2.05. The second-order valence-electron chi connectivity index (χ2n) is 5.22. The van der Waals surface area contributed by atoms with Crippen LogP contribution in [0.25, 0.3) is 0 Å². The van der Waals surface area contributed by atoms with Gasteiger partial charge in [0.1, 0.15) is 5.82 Å². The van der Waals surface area contributed by atoms with Gasteiger partial charge in [-0.25, -0.2) is 9.38 Å². The molecule has 0 radical (unpaired) electrons. The maximum absolute atomic E-state index is 13.2. The number of aliphatic imine (C=N–C) groups is 1. The van der Waals surface area contributed by atoms with Gasteiger partial charge in [-0.15, -0.1) is 24.0 Å². The number of hydrogen-bond acceptors (Lipinski definition) is 2. The van der Waals surface area contributed by atoms with Crippen molar-refractivity contribution in [2.45, 2.75) is 26.3 Å². The maximum atomic E-state index is 13.2. The van der Waals surface area contributed by atoms with Crippen LogP contribution in [0.1, 0.15) is 25.3 Å². The van der Waals surface area contributed by atoms with Crippen molar-refractivity contribution in [3.63, 3.8) is 0 Å². The Morgan fingerprint density at radius 2 is 2.04 bits per heavy atom. The quantitative estimate of drug-likeness (QED) is 0.299. The molecule has 0 heterocycles. The number of carbonyl (C=O) groups is 1. The average Bonchev–Trinajstić information content (AvgIpc) is 2.49. The molecule has 0 aliphatic rings. The molecule has 1 aromatic carbocycles. The fourth-order valence-corrected chi connectivity index (χ4v) is 1.68. The highest BCUT2D eigenvalue weighted by atomic mass is 127. The number of unbranched alkanes of at least 4 members (excludes halogenated alkanes) is 1. The van der Waals surface area contributed by atoms with Crippen molar-refractivity contribution in [3.8, 4) is 0 Å². The molecule has 0 atom stereocenters. The number of hydrogen-bond donors (Lipinski definition) is 2. The molecule has 0 aliphatic heterocycles. The third kappa shape index (κ3) is 9.37. The summed E-state index contributed by atoms with van der Waals surface area (Å²) >= 11 is 0. The normalized spacial score (nSPS) is 10.7. The predicted molar refractivity (Wildman–Crippen MR) is 103 cm³/mol. The first-order valence-corrected chi connectivity index (χ1v) is 7.49. The van der Waals surface area contributed by atoms with Gasteiger partial charge in [-0.1, -0.05) is 25.5 Å². The zero-order chi connectivity index (χ0) is 16.4. The molecule has 0 spiro atoms. The lowest BCUT2D eigenvalue weighted by Gasteiger charge is -2.14. The van der Waals surface area contributed by atoms with E-state index in [0.29, 0.717) is 12.5 Å². The largest absolute Gasteiger partial charge is 0.356 e. The Bertz CT molecular complexity index is 509. The molecule has 0 unspecified atom stereocenters. The van der Waals surface area contributed by atoms with Gasteiger partial charge in [-0.3, -0.25) is 4.79 Å². The van der Waals surface area contributed by atoms with E-state index in [1.165, 1.54) is 17.0 Å². The zero-order valence-corrected chi connectivity index (χ0v) is 16.3. The van der Waals surface area contributed by atoms with Gasteiger partial charge < -0.3 is 15.5 Å². The van der Waals surface area contributed by atoms with Crippen molar-refractivity contribution in [1.82, 2.24) is 15.5 Å². The molecule has 0 saturated carbocycles. The Labute approximate surface area is 154 Å². The van der Waals surface area contributed by atoms with Crippen LogP contribution in [0, 0.1) is 5.82 Å². The summed E-state index contributed by atoms with van der Waals surface area (Å²) in [5, 5.41) is 6.17. The van der Waals surface area contributed by atoms with Gasteiger partial charge in [0.2, 0.25) is 5.91 Å². The van der Waals surface area contributed by atoms with Crippen LogP contribution in [0.5, 0.6) is 0 Å². The molecule has 130 valence electrons. The Hall–Kier alpha value is -1.38. The van der Waals surface area contributed by atoms with Crippen molar-refractivity contribution >= 4 is 35.8 Å². The van der Waals surface area contributed by atoms with Crippen LogP contribution in [0.4, 0.5) is 4.39 Å². The number of rotatable bonds is 7. The predicted octanol–water partition coefficient (Wildman–Crippen LogP) is 2.37. The topological polar surface area (TPSA) is 56.7 Å². The third-order valence-electron chi connectivity index (χ3n) is 3.04. The summed E-state index contributed by atoms with van der Waals surface area (Å²) in [5.41, 5.74) is 0.788. The van der Waals surface area contributed by atoms with Crippen LogP contribution >= 0.6 is 24.0 Å². The van der Waals surface area contributed by atoms with E-state index in [1.807, 2.05) is 6.07 Å². The van der Waals surface area contributed by atoms with E-state index in [0.717, 1.165) is 24.9 Å². The average molecular weight is 436 g/mol. The Kier molecular flexibility index (Phi) is 11.4. The van der Waals surface area contributed by atoms with Gasteiger partial charge in [-0.2, -0.15) is 0 Å². The van der Waals surface area contributed by atoms with E-state index >= 15 is 0 Å². The molecule has 23 heavy (non-hydrogen) atoms. The minimum absolute atomic E-state index is 0.